The molecular weight excluding hydrogens is 260 g/mol. The van der Waals surface area contributed by atoms with Crippen LogP contribution in [0.2, 0.25) is 0 Å². The number of rotatable bonds is 4. The molecule has 6 nitrogen and oxygen atoms in total. The number of hydrogen-bond acceptors (Lipinski definition) is 5. The molecule has 1 saturated heterocycles. The largest absolute Gasteiger partial charge is 0.466 e. The standard InChI is InChI=1S/C14H26N2O4/c1-5-19-12(17)8-11(15)10-6-7-16(9-10)13(18)20-14(2,3)4/h10-11H,5-9,15H2,1-4H3. The van der Waals surface area contributed by atoms with E-state index in [9.17, 15) is 9.59 Å². The van der Waals surface area contributed by atoms with Gasteiger partial charge in [0.05, 0.1) is 13.0 Å². The number of ether oxygens (including phenoxy) is 2. The summed E-state index contributed by atoms with van der Waals surface area (Å²) >= 11 is 0. The molecule has 1 fully saturated rings. The van der Waals surface area contributed by atoms with Crippen molar-refractivity contribution < 1.29 is 19.1 Å². The smallest absolute Gasteiger partial charge is 0.410 e. The van der Waals surface area contributed by atoms with E-state index >= 15 is 0 Å². The molecule has 0 spiro atoms. The Morgan fingerprint density at radius 3 is 2.60 bits per heavy atom. The quantitative estimate of drug-likeness (QED) is 0.792. The number of hydrogen-bond donors (Lipinski definition) is 1. The molecular formula is C14H26N2O4. The zero-order valence-electron chi connectivity index (χ0n) is 12.8. The van der Waals surface area contributed by atoms with Crippen molar-refractivity contribution in [2.75, 3.05) is 19.7 Å². The van der Waals surface area contributed by atoms with Crippen molar-refractivity contribution >= 4 is 12.1 Å². The van der Waals surface area contributed by atoms with Crippen LogP contribution in [0.5, 0.6) is 0 Å². The molecule has 0 saturated carbocycles. The summed E-state index contributed by atoms with van der Waals surface area (Å²) in [5.74, 6) is -0.164. The van der Waals surface area contributed by atoms with Gasteiger partial charge in [0, 0.05) is 19.1 Å². The summed E-state index contributed by atoms with van der Waals surface area (Å²) in [5, 5.41) is 0. The lowest BCUT2D eigenvalue weighted by atomic mass is 9.97. The van der Waals surface area contributed by atoms with Crippen molar-refractivity contribution in [3.8, 4) is 0 Å². The van der Waals surface area contributed by atoms with Crippen LogP contribution < -0.4 is 5.73 Å². The maximum Gasteiger partial charge on any atom is 0.410 e. The Kier molecular flexibility index (Phi) is 5.80. The molecule has 1 rings (SSSR count). The van der Waals surface area contributed by atoms with Crippen LogP contribution in [0.3, 0.4) is 0 Å². The van der Waals surface area contributed by atoms with Gasteiger partial charge in [0.1, 0.15) is 5.60 Å². The monoisotopic (exact) mass is 286 g/mol. The highest BCUT2D eigenvalue weighted by Crippen LogP contribution is 2.22. The molecule has 2 unspecified atom stereocenters. The van der Waals surface area contributed by atoms with Crippen molar-refractivity contribution in [1.29, 1.82) is 0 Å². The van der Waals surface area contributed by atoms with Gasteiger partial charge in [-0.1, -0.05) is 0 Å². The minimum atomic E-state index is -0.498. The average molecular weight is 286 g/mol. The predicted octanol–water partition coefficient (Wildman–Crippen LogP) is 1.52. The zero-order chi connectivity index (χ0) is 15.3. The Balaban J connectivity index is 2.42. The molecule has 0 aromatic heterocycles. The van der Waals surface area contributed by atoms with Crippen LogP contribution in [0.15, 0.2) is 0 Å². The van der Waals surface area contributed by atoms with E-state index in [4.69, 9.17) is 15.2 Å². The second-order valence-corrected chi connectivity index (χ2v) is 6.15. The highest BCUT2D eigenvalue weighted by molar-refractivity contribution is 5.70. The van der Waals surface area contributed by atoms with E-state index in [1.807, 2.05) is 20.8 Å². The summed E-state index contributed by atoms with van der Waals surface area (Å²) in [4.78, 5) is 25.0. The SMILES string of the molecule is CCOC(=O)CC(N)C1CCN(C(=O)OC(C)(C)C)C1. The van der Waals surface area contributed by atoms with Crippen LogP contribution >= 0.6 is 0 Å². The van der Waals surface area contributed by atoms with Crippen molar-refractivity contribution in [3.05, 3.63) is 0 Å². The minimum absolute atomic E-state index is 0.118. The minimum Gasteiger partial charge on any atom is -0.466 e. The van der Waals surface area contributed by atoms with Gasteiger partial charge in [-0.3, -0.25) is 4.79 Å². The number of nitrogens with two attached hydrogens (primary N) is 1. The molecule has 116 valence electrons. The number of amides is 1. The summed E-state index contributed by atoms with van der Waals surface area (Å²) < 4.78 is 10.2. The molecule has 6 heteroatoms. The number of nitrogens with zero attached hydrogens (tertiary/aromatic N) is 1. The third-order valence-electron chi connectivity index (χ3n) is 3.19. The van der Waals surface area contributed by atoms with Gasteiger partial charge in [-0.2, -0.15) is 0 Å². The first-order chi connectivity index (χ1) is 9.23. The zero-order valence-corrected chi connectivity index (χ0v) is 12.8. The maximum absolute atomic E-state index is 11.9. The molecule has 2 N–H and O–H groups in total. The lowest BCUT2D eigenvalue weighted by Crippen LogP contribution is -2.38. The molecule has 0 aromatic carbocycles. The molecule has 1 aliphatic heterocycles. The van der Waals surface area contributed by atoms with E-state index in [1.165, 1.54) is 0 Å². The number of carbonyl (C=O) groups excluding carboxylic acids is 2. The van der Waals surface area contributed by atoms with E-state index in [0.29, 0.717) is 19.7 Å². The third-order valence-corrected chi connectivity index (χ3v) is 3.19. The predicted molar refractivity (Wildman–Crippen MR) is 75.1 cm³/mol. The Morgan fingerprint density at radius 2 is 2.05 bits per heavy atom. The van der Waals surface area contributed by atoms with Gasteiger partial charge in [-0.05, 0) is 40.0 Å². The van der Waals surface area contributed by atoms with Gasteiger partial charge in [-0.25, -0.2) is 4.79 Å². The normalized spacial score (nSPS) is 20.6. The van der Waals surface area contributed by atoms with Crippen LogP contribution in [0.4, 0.5) is 4.79 Å². The van der Waals surface area contributed by atoms with E-state index in [-0.39, 0.29) is 30.4 Å². The molecule has 1 heterocycles. The second-order valence-electron chi connectivity index (χ2n) is 6.15. The molecule has 20 heavy (non-hydrogen) atoms. The Hall–Kier alpha value is -1.30. The highest BCUT2D eigenvalue weighted by atomic mass is 16.6. The molecule has 0 aliphatic carbocycles. The number of likely N-dealkylation sites (tertiary alicyclic amines) is 1. The van der Waals surface area contributed by atoms with Crippen LogP contribution in [-0.4, -0.2) is 48.3 Å². The van der Waals surface area contributed by atoms with Crippen molar-refractivity contribution in [3.63, 3.8) is 0 Å². The second kappa shape index (κ2) is 6.92. The van der Waals surface area contributed by atoms with E-state index in [1.54, 1.807) is 11.8 Å². The van der Waals surface area contributed by atoms with Gasteiger partial charge < -0.3 is 20.1 Å². The molecule has 0 radical (unpaired) electrons. The molecule has 0 bridgehead atoms. The fourth-order valence-electron chi connectivity index (χ4n) is 2.21. The Labute approximate surface area is 120 Å². The van der Waals surface area contributed by atoms with Crippen LogP contribution in [0.25, 0.3) is 0 Å². The Morgan fingerprint density at radius 1 is 1.40 bits per heavy atom. The topological polar surface area (TPSA) is 81.9 Å². The highest BCUT2D eigenvalue weighted by Gasteiger charge is 2.33. The van der Waals surface area contributed by atoms with Crippen LogP contribution in [0.1, 0.15) is 40.5 Å². The van der Waals surface area contributed by atoms with Gasteiger partial charge in [0.2, 0.25) is 0 Å². The molecule has 1 aliphatic rings. The summed E-state index contributed by atoms with van der Waals surface area (Å²) in [7, 11) is 0. The lowest BCUT2D eigenvalue weighted by molar-refractivity contribution is -0.143. The third kappa shape index (κ3) is 5.36. The van der Waals surface area contributed by atoms with Gasteiger partial charge in [-0.15, -0.1) is 0 Å². The molecule has 2 atom stereocenters. The van der Waals surface area contributed by atoms with E-state index in [0.717, 1.165) is 6.42 Å². The first kappa shape index (κ1) is 16.8. The summed E-state index contributed by atoms with van der Waals surface area (Å²) in [6, 6.07) is -0.276. The Bertz CT molecular complexity index is 352. The lowest BCUT2D eigenvalue weighted by Gasteiger charge is -2.25. The van der Waals surface area contributed by atoms with Crippen molar-refractivity contribution in [2.24, 2.45) is 11.7 Å². The van der Waals surface area contributed by atoms with Crippen molar-refractivity contribution in [1.82, 2.24) is 4.90 Å². The summed E-state index contributed by atoms with van der Waals surface area (Å²) in [6.45, 7) is 8.80. The van der Waals surface area contributed by atoms with Gasteiger partial charge in [0.25, 0.3) is 0 Å². The van der Waals surface area contributed by atoms with E-state index in [2.05, 4.69) is 0 Å². The summed E-state index contributed by atoms with van der Waals surface area (Å²) in [5.41, 5.74) is 5.52. The number of carbonyl (C=O) groups is 2. The van der Waals surface area contributed by atoms with Gasteiger partial charge in [0.15, 0.2) is 0 Å². The fourth-order valence-corrected chi connectivity index (χ4v) is 2.21. The van der Waals surface area contributed by atoms with Crippen molar-refractivity contribution in [2.45, 2.75) is 52.2 Å². The van der Waals surface area contributed by atoms with Crippen LogP contribution in [0, 0.1) is 5.92 Å². The maximum atomic E-state index is 11.9. The molecule has 0 aromatic rings. The summed E-state index contributed by atoms with van der Waals surface area (Å²) in [6.07, 6.45) is 0.670. The number of esters is 1. The molecule has 1 amide bonds. The van der Waals surface area contributed by atoms with E-state index < -0.39 is 5.60 Å². The first-order valence-electron chi connectivity index (χ1n) is 7.12. The van der Waals surface area contributed by atoms with Crippen LogP contribution in [-0.2, 0) is 14.3 Å². The first-order valence-corrected chi connectivity index (χ1v) is 7.12. The van der Waals surface area contributed by atoms with Gasteiger partial charge >= 0.3 is 12.1 Å². The fraction of sp³-hybridized carbons (Fsp3) is 0.857. The average Bonchev–Trinajstić information content (AvgIpc) is 2.75.